The van der Waals surface area contributed by atoms with Gasteiger partial charge in [0, 0.05) is 6.21 Å². The Balaban J connectivity index is 4.47. The fraction of sp³-hybridized carbons (Fsp3) is 0.917. The molecule has 0 amide bonds. The molecule has 0 fully saturated rings. The molecule has 0 heterocycles. The molecule has 0 aromatic carbocycles. The molecule has 0 saturated heterocycles. The van der Waals surface area contributed by atoms with Gasteiger partial charge in [-0.2, -0.15) is 0 Å². The molecule has 2 nitrogen and oxygen atoms in total. The fourth-order valence-electron chi connectivity index (χ4n) is 1.00. The molecule has 0 aliphatic heterocycles. The molecule has 0 spiro atoms. The van der Waals surface area contributed by atoms with Gasteiger partial charge in [-0.1, -0.05) is 20.8 Å². The highest BCUT2D eigenvalue weighted by Crippen LogP contribution is 2.37. The lowest BCUT2D eigenvalue weighted by Gasteiger charge is -2.37. The van der Waals surface area contributed by atoms with E-state index in [0.29, 0.717) is 0 Å². The predicted molar refractivity (Wildman–Crippen MR) is 79.6 cm³/mol. The molecule has 0 rings (SSSR count). The van der Waals surface area contributed by atoms with Gasteiger partial charge in [-0.15, -0.1) is 0 Å². The summed E-state index contributed by atoms with van der Waals surface area (Å²) >= 11 is 0. The van der Waals surface area contributed by atoms with Crippen LogP contribution in [0.2, 0.25) is 37.8 Å². The molecular formula is C12H29NOSi2. The van der Waals surface area contributed by atoms with Crippen molar-refractivity contribution in [2.75, 3.05) is 0 Å². The minimum absolute atomic E-state index is 0.146. The molecule has 0 radical (unpaired) electrons. The molecule has 0 aromatic rings. The first-order chi connectivity index (χ1) is 6.85. The third-order valence-corrected chi connectivity index (χ3v) is 8.46. The summed E-state index contributed by atoms with van der Waals surface area (Å²) in [7, 11) is -2.98. The number of nitrogens with zero attached hydrogens (tertiary/aromatic N) is 1. The van der Waals surface area contributed by atoms with Gasteiger partial charge in [-0.3, -0.25) is 0 Å². The predicted octanol–water partition coefficient (Wildman–Crippen LogP) is 4.30. The summed E-state index contributed by atoms with van der Waals surface area (Å²) < 4.78 is 10.8. The third kappa shape index (κ3) is 5.96. The van der Waals surface area contributed by atoms with Crippen molar-refractivity contribution < 1.29 is 4.43 Å². The van der Waals surface area contributed by atoms with E-state index in [1.54, 1.807) is 0 Å². The molecular weight excluding hydrogens is 230 g/mol. The average molecular weight is 260 g/mol. The number of hydrogen-bond donors (Lipinski definition) is 0. The zero-order valence-electron chi connectivity index (χ0n) is 12.5. The van der Waals surface area contributed by atoms with Crippen molar-refractivity contribution >= 4 is 22.8 Å². The summed E-state index contributed by atoms with van der Waals surface area (Å²) in [6, 6.07) is 0. The third-order valence-electron chi connectivity index (χ3n) is 2.96. The van der Waals surface area contributed by atoms with Crippen LogP contribution in [0.4, 0.5) is 0 Å². The van der Waals surface area contributed by atoms with Crippen molar-refractivity contribution in [2.45, 2.75) is 71.6 Å². The van der Waals surface area contributed by atoms with E-state index >= 15 is 0 Å². The summed E-state index contributed by atoms with van der Waals surface area (Å²) in [5.41, 5.74) is 0. The average Bonchev–Trinajstić information content (AvgIpc) is 1.96. The number of rotatable bonds is 4. The van der Waals surface area contributed by atoms with Crippen LogP contribution in [-0.4, -0.2) is 28.9 Å². The smallest absolute Gasteiger partial charge is 0.192 e. The largest absolute Gasteiger partial charge is 0.409 e. The highest BCUT2D eigenvalue weighted by Gasteiger charge is 2.38. The minimum atomic E-state index is -1.64. The first-order valence-corrected chi connectivity index (χ1v) is 12.4. The van der Waals surface area contributed by atoms with Crippen LogP contribution in [0.25, 0.3) is 0 Å². The second kappa shape index (κ2) is 5.15. The van der Waals surface area contributed by atoms with Crippen LogP contribution in [0, 0.1) is 0 Å². The molecule has 96 valence electrons. The van der Waals surface area contributed by atoms with Crippen LogP contribution in [0.15, 0.2) is 4.66 Å². The van der Waals surface area contributed by atoms with Gasteiger partial charge in [0.05, 0.1) is 6.10 Å². The second-order valence-electron chi connectivity index (χ2n) is 7.03. The van der Waals surface area contributed by atoms with Gasteiger partial charge >= 0.3 is 0 Å². The van der Waals surface area contributed by atoms with Crippen LogP contribution in [0.1, 0.15) is 27.7 Å². The van der Waals surface area contributed by atoms with E-state index in [4.69, 9.17) is 4.43 Å². The Labute approximate surface area is 104 Å². The maximum absolute atomic E-state index is 6.21. The van der Waals surface area contributed by atoms with Crippen LogP contribution >= 0.6 is 0 Å². The van der Waals surface area contributed by atoms with E-state index in [9.17, 15) is 0 Å². The van der Waals surface area contributed by atoms with Crippen LogP contribution in [-0.2, 0) is 4.43 Å². The zero-order chi connectivity index (χ0) is 13.2. The van der Waals surface area contributed by atoms with Crippen molar-refractivity contribution in [2.24, 2.45) is 4.66 Å². The van der Waals surface area contributed by atoms with Gasteiger partial charge in [0.1, 0.15) is 0 Å². The van der Waals surface area contributed by atoms with Crippen molar-refractivity contribution in [3.8, 4) is 0 Å². The van der Waals surface area contributed by atoms with Crippen molar-refractivity contribution in [1.82, 2.24) is 0 Å². The van der Waals surface area contributed by atoms with Gasteiger partial charge in [-0.25, -0.2) is 0 Å². The Morgan fingerprint density at radius 1 is 1.06 bits per heavy atom. The van der Waals surface area contributed by atoms with E-state index in [-0.39, 0.29) is 11.1 Å². The maximum atomic E-state index is 6.21. The summed E-state index contributed by atoms with van der Waals surface area (Å²) in [5, 5.41) is 0.272. The first kappa shape index (κ1) is 16.1. The Hall–Kier alpha value is 0.0638. The highest BCUT2D eigenvalue weighted by molar-refractivity contribution is 6.75. The van der Waals surface area contributed by atoms with Crippen LogP contribution < -0.4 is 0 Å². The lowest BCUT2D eigenvalue weighted by atomic mass is 10.2. The quantitative estimate of drug-likeness (QED) is 0.545. The molecule has 0 bridgehead atoms. The molecule has 0 N–H and O–H groups in total. The zero-order valence-corrected chi connectivity index (χ0v) is 14.5. The summed E-state index contributed by atoms with van der Waals surface area (Å²) in [6.07, 6.45) is 2.15. The standard InChI is InChI=1S/C12H29NOSi2/c1-11(10-13-15(5,6)7)14-16(8,9)12(2,3)4/h10-11H,1-9H3/b13-10+/t11-/m0/s1. The van der Waals surface area contributed by atoms with Gasteiger partial charge in [-0.05, 0) is 44.7 Å². The van der Waals surface area contributed by atoms with Gasteiger partial charge in [0.15, 0.2) is 16.6 Å². The number of hydrogen-bond acceptors (Lipinski definition) is 2. The fourth-order valence-corrected chi connectivity index (χ4v) is 3.00. The molecule has 0 aliphatic carbocycles. The highest BCUT2D eigenvalue weighted by atomic mass is 28.4. The Morgan fingerprint density at radius 2 is 1.50 bits per heavy atom. The Kier molecular flexibility index (Phi) is 5.17. The molecule has 0 unspecified atom stereocenters. The molecule has 1 atom stereocenters. The monoisotopic (exact) mass is 259 g/mol. The van der Waals surface area contributed by atoms with Crippen molar-refractivity contribution in [3.05, 3.63) is 0 Å². The first-order valence-electron chi connectivity index (χ1n) is 6.08. The summed E-state index contributed by atoms with van der Waals surface area (Å²) in [4.78, 5) is 0. The van der Waals surface area contributed by atoms with Crippen molar-refractivity contribution in [3.63, 3.8) is 0 Å². The maximum Gasteiger partial charge on any atom is 0.192 e. The second-order valence-corrected chi connectivity index (χ2v) is 16.4. The lowest BCUT2D eigenvalue weighted by Crippen LogP contribution is -2.43. The van der Waals surface area contributed by atoms with E-state index < -0.39 is 16.6 Å². The topological polar surface area (TPSA) is 21.6 Å². The Bertz CT molecular complexity index is 249. The van der Waals surface area contributed by atoms with E-state index in [0.717, 1.165) is 0 Å². The van der Waals surface area contributed by atoms with Crippen LogP contribution in [0.3, 0.4) is 0 Å². The van der Waals surface area contributed by atoms with Gasteiger partial charge in [0.2, 0.25) is 0 Å². The van der Waals surface area contributed by atoms with E-state index in [2.05, 4.69) is 65.1 Å². The summed E-state index contributed by atoms with van der Waals surface area (Å²) in [5.74, 6) is 0. The molecule has 0 aromatic heterocycles. The molecule has 16 heavy (non-hydrogen) atoms. The van der Waals surface area contributed by atoms with Crippen molar-refractivity contribution in [1.29, 1.82) is 0 Å². The van der Waals surface area contributed by atoms with Crippen LogP contribution in [0.5, 0.6) is 0 Å². The van der Waals surface area contributed by atoms with Gasteiger partial charge < -0.3 is 9.08 Å². The molecule has 0 saturated carbocycles. The minimum Gasteiger partial charge on any atom is -0.409 e. The van der Waals surface area contributed by atoms with E-state index in [1.165, 1.54) is 0 Å². The lowest BCUT2D eigenvalue weighted by molar-refractivity contribution is 0.263. The van der Waals surface area contributed by atoms with Gasteiger partial charge in [0.25, 0.3) is 0 Å². The Morgan fingerprint density at radius 3 is 1.81 bits per heavy atom. The molecule has 4 heteroatoms. The SMILES string of the molecule is C[C@@H](/C=N/[Si](C)(C)C)O[Si](C)(C)C(C)(C)C. The molecule has 0 aliphatic rings. The normalized spacial score (nSPS) is 16.8. The van der Waals surface area contributed by atoms with E-state index in [1.807, 2.05) is 6.21 Å². The summed E-state index contributed by atoms with van der Waals surface area (Å²) in [6.45, 7) is 20.2.